The molecule has 3 aromatic rings. The fourth-order valence-electron chi connectivity index (χ4n) is 3.69. The van der Waals surface area contributed by atoms with Gasteiger partial charge in [0.15, 0.2) is 0 Å². The maximum absolute atomic E-state index is 12.9. The van der Waals surface area contributed by atoms with E-state index in [1.165, 1.54) is 0 Å². The normalized spacial score (nSPS) is 17.3. The fourth-order valence-corrected chi connectivity index (χ4v) is 3.69. The Labute approximate surface area is 164 Å². The largest absolute Gasteiger partial charge is 0.337 e. The number of carbonyl (C=O) groups is 1. The van der Waals surface area contributed by atoms with Crippen molar-refractivity contribution in [2.24, 2.45) is 7.05 Å². The van der Waals surface area contributed by atoms with E-state index in [9.17, 15) is 4.79 Å². The van der Waals surface area contributed by atoms with E-state index in [0.29, 0.717) is 18.2 Å². The molecule has 0 spiro atoms. The fraction of sp³-hybridized carbons (Fsp3) is 0.429. The Kier molecular flexibility index (Phi) is 4.98. The number of pyridine rings is 1. The SMILES string of the molecule is CC(C)c1cc(C(=O)N2CCC[C@H](c3ccc(-c4cnn(C)c4)cn3)C2)n[nH]1. The molecule has 1 aliphatic rings. The topological polar surface area (TPSA) is 79.7 Å². The Morgan fingerprint density at radius 3 is 2.75 bits per heavy atom. The van der Waals surface area contributed by atoms with Crippen molar-refractivity contribution in [3.8, 4) is 11.1 Å². The van der Waals surface area contributed by atoms with Gasteiger partial charge in [0.1, 0.15) is 5.69 Å². The number of aromatic nitrogens is 5. The quantitative estimate of drug-likeness (QED) is 0.755. The number of hydrogen-bond donors (Lipinski definition) is 1. The Hall–Kier alpha value is -2.96. The summed E-state index contributed by atoms with van der Waals surface area (Å²) < 4.78 is 1.79. The molecule has 0 aliphatic carbocycles. The van der Waals surface area contributed by atoms with E-state index in [1.807, 2.05) is 36.6 Å². The number of rotatable bonds is 4. The molecule has 0 unspecified atom stereocenters. The van der Waals surface area contributed by atoms with Crippen LogP contribution in [-0.4, -0.2) is 48.9 Å². The smallest absolute Gasteiger partial charge is 0.274 e. The van der Waals surface area contributed by atoms with Gasteiger partial charge in [-0.05, 0) is 30.9 Å². The minimum Gasteiger partial charge on any atom is -0.337 e. The molecule has 0 aromatic carbocycles. The van der Waals surface area contributed by atoms with Gasteiger partial charge in [-0.3, -0.25) is 19.6 Å². The summed E-state index contributed by atoms with van der Waals surface area (Å²) in [5, 5.41) is 11.4. The van der Waals surface area contributed by atoms with Crippen LogP contribution in [0.5, 0.6) is 0 Å². The Morgan fingerprint density at radius 2 is 2.11 bits per heavy atom. The van der Waals surface area contributed by atoms with E-state index >= 15 is 0 Å². The maximum atomic E-state index is 12.9. The zero-order valence-electron chi connectivity index (χ0n) is 16.6. The van der Waals surface area contributed by atoms with Crippen LogP contribution in [0.2, 0.25) is 0 Å². The Balaban J connectivity index is 1.46. The number of H-pyrrole nitrogens is 1. The highest BCUT2D eigenvalue weighted by Gasteiger charge is 2.27. The van der Waals surface area contributed by atoms with E-state index < -0.39 is 0 Å². The second-order valence-corrected chi connectivity index (χ2v) is 7.83. The monoisotopic (exact) mass is 378 g/mol. The van der Waals surface area contributed by atoms with Crippen molar-refractivity contribution >= 4 is 5.91 Å². The third-order valence-corrected chi connectivity index (χ3v) is 5.39. The van der Waals surface area contributed by atoms with Crippen molar-refractivity contribution in [3.63, 3.8) is 0 Å². The van der Waals surface area contributed by atoms with Gasteiger partial charge < -0.3 is 4.90 Å². The lowest BCUT2D eigenvalue weighted by atomic mass is 9.93. The van der Waals surface area contributed by atoms with Crippen LogP contribution in [0.15, 0.2) is 36.8 Å². The predicted octanol–water partition coefficient (Wildman–Crippen LogP) is 3.35. The van der Waals surface area contributed by atoms with Gasteiger partial charge in [0.2, 0.25) is 0 Å². The molecule has 7 nitrogen and oxygen atoms in total. The highest BCUT2D eigenvalue weighted by Crippen LogP contribution is 2.28. The summed E-state index contributed by atoms with van der Waals surface area (Å²) >= 11 is 0. The van der Waals surface area contributed by atoms with Gasteiger partial charge in [-0.1, -0.05) is 19.9 Å². The van der Waals surface area contributed by atoms with Crippen LogP contribution in [0.25, 0.3) is 11.1 Å². The standard InChI is InChI=1S/C21H26N6O/c1-14(2)19-9-20(25-24-19)21(28)27-8-4-5-16(13-27)18-7-6-15(10-22-18)17-11-23-26(3)12-17/h6-7,9-12,14,16H,4-5,8,13H2,1-3H3,(H,24,25)/t16-/m0/s1. The summed E-state index contributed by atoms with van der Waals surface area (Å²) in [6.07, 6.45) is 7.74. The van der Waals surface area contributed by atoms with Gasteiger partial charge in [0.05, 0.1) is 6.20 Å². The van der Waals surface area contributed by atoms with Crippen molar-refractivity contribution < 1.29 is 4.79 Å². The van der Waals surface area contributed by atoms with Crippen LogP contribution in [0, 0.1) is 0 Å². The van der Waals surface area contributed by atoms with Gasteiger partial charge in [-0.25, -0.2) is 0 Å². The first-order valence-corrected chi connectivity index (χ1v) is 9.81. The average Bonchev–Trinajstić information content (AvgIpc) is 3.37. The van der Waals surface area contributed by atoms with E-state index in [-0.39, 0.29) is 11.8 Å². The van der Waals surface area contributed by atoms with Gasteiger partial charge >= 0.3 is 0 Å². The molecule has 1 fully saturated rings. The first kappa shape index (κ1) is 18.4. The maximum Gasteiger partial charge on any atom is 0.274 e. The molecule has 1 saturated heterocycles. The molecule has 4 rings (SSSR count). The predicted molar refractivity (Wildman–Crippen MR) is 107 cm³/mol. The molecular weight excluding hydrogens is 352 g/mol. The minimum atomic E-state index is -0.000157. The Bertz CT molecular complexity index is 955. The van der Waals surface area contributed by atoms with Gasteiger partial charge in [-0.15, -0.1) is 0 Å². The van der Waals surface area contributed by atoms with E-state index in [4.69, 9.17) is 0 Å². The van der Waals surface area contributed by atoms with Gasteiger partial charge in [-0.2, -0.15) is 10.2 Å². The molecule has 3 aromatic heterocycles. The number of piperidine rings is 1. The lowest BCUT2D eigenvalue weighted by molar-refractivity contribution is 0.0700. The van der Waals surface area contributed by atoms with Crippen LogP contribution in [0.1, 0.15) is 60.4 Å². The van der Waals surface area contributed by atoms with Crippen molar-refractivity contribution in [2.75, 3.05) is 13.1 Å². The second-order valence-electron chi connectivity index (χ2n) is 7.83. The molecule has 1 N–H and O–H groups in total. The summed E-state index contributed by atoms with van der Waals surface area (Å²) in [6.45, 7) is 5.62. The number of nitrogens with zero attached hydrogens (tertiary/aromatic N) is 5. The molecule has 1 aliphatic heterocycles. The molecule has 28 heavy (non-hydrogen) atoms. The molecule has 0 saturated carbocycles. The number of hydrogen-bond acceptors (Lipinski definition) is 4. The molecule has 7 heteroatoms. The molecule has 4 heterocycles. The van der Waals surface area contributed by atoms with Crippen LogP contribution in [0.4, 0.5) is 0 Å². The van der Waals surface area contributed by atoms with Crippen molar-refractivity contribution in [2.45, 2.75) is 38.5 Å². The van der Waals surface area contributed by atoms with Crippen LogP contribution in [0.3, 0.4) is 0 Å². The lowest BCUT2D eigenvalue weighted by Gasteiger charge is -2.32. The summed E-state index contributed by atoms with van der Waals surface area (Å²) in [5.41, 5.74) is 4.64. The number of carbonyl (C=O) groups excluding carboxylic acids is 1. The second kappa shape index (κ2) is 7.58. The number of amides is 1. The highest BCUT2D eigenvalue weighted by atomic mass is 16.2. The van der Waals surface area contributed by atoms with Gasteiger partial charge in [0, 0.05) is 61.0 Å². The van der Waals surface area contributed by atoms with Crippen LogP contribution < -0.4 is 0 Å². The van der Waals surface area contributed by atoms with Crippen molar-refractivity contribution in [1.82, 2.24) is 29.9 Å². The number of nitrogens with one attached hydrogen (secondary N) is 1. The lowest BCUT2D eigenvalue weighted by Crippen LogP contribution is -2.39. The zero-order chi connectivity index (χ0) is 19.7. The number of likely N-dealkylation sites (tertiary alicyclic amines) is 1. The van der Waals surface area contributed by atoms with E-state index in [2.05, 4.69) is 46.3 Å². The summed E-state index contributed by atoms with van der Waals surface area (Å²) in [6, 6.07) is 6.03. The third kappa shape index (κ3) is 3.69. The van der Waals surface area contributed by atoms with Crippen molar-refractivity contribution in [3.05, 3.63) is 53.9 Å². The number of aryl methyl sites for hydroxylation is 1. The van der Waals surface area contributed by atoms with E-state index in [0.717, 1.165) is 41.9 Å². The molecule has 1 atom stereocenters. The van der Waals surface area contributed by atoms with Gasteiger partial charge in [0.25, 0.3) is 5.91 Å². The molecule has 0 bridgehead atoms. The summed E-state index contributed by atoms with van der Waals surface area (Å²) in [5.74, 6) is 0.578. The molecule has 146 valence electrons. The van der Waals surface area contributed by atoms with Crippen LogP contribution >= 0.6 is 0 Å². The molecule has 1 amide bonds. The molecule has 0 radical (unpaired) electrons. The van der Waals surface area contributed by atoms with Crippen LogP contribution in [-0.2, 0) is 7.05 Å². The third-order valence-electron chi connectivity index (χ3n) is 5.39. The van der Waals surface area contributed by atoms with Crippen molar-refractivity contribution in [1.29, 1.82) is 0 Å². The first-order chi connectivity index (χ1) is 13.5. The van der Waals surface area contributed by atoms with E-state index in [1.54, 1.807) is 4.68 Å². The highest BCUT2D eigenvalue weighted by molar-refractivity contribution is 5.92. The zero-order valence-corrected chi connectivity index (χ0v) is 16.6. The first-order valence-electron chi connectivity index (χ1n) is 9.81. The number of aromatic amines is 1. The molecular formula is C21H26N6O. The Morgan fingerprint density at radius 1 is 1.25 bits per heavy atom. The average molecular weight is 378 g/mol. The summed E-state index contributed by atoms with van der Waals surface area (Å²) in [4.78, 5) is 19.5. The minimum absolute atomic E-state index is 0.000157. The summed E-state index contributed by atoms with van der Waals surface area (Å²) in [7, 11) is 1.91.